The van der Waals surface area contributed by atoms with E-state index in [1.165, 1.54) is 6.33 Å². The van der Waals surface area contributed by atoms with Gasteiger partial charge >= 0.3 is 0 Å². The molecule has 2 fully saturated rings. The van der Waals surface area contributed by atoms with Crippen LogP contribution < -0.4 is 14.8 Å². The fourth-order valence-corrected chi connectivity index (χ4v) is 5.92. The lowest BCUT2D eigenvalue weighted by molar-refractivity contribution is 0.00502. The maximum atomic E-state index is 9.63. The van der Waals surface area contributed by atoms with E-state index < -0.39 is 0 Å². The van der Waals surface area contributed by atoms with Gasteiger partial charge in [0.15, 0.2) is 0 Å². The van der Waals surface area contributed by atoms with Crippen molar-refractivity contribution in [1.29, 1.82) is 5.26 Å². The minimum Gasteiger partial charge on any atom is -0.487 e. The zero-order valence-electron chi connectivity index (χ0n) is 25.9. The van der Waals surface area contributed by atoms with E-state index >= 15 is 0 Å². The summed E-state index contributed by atoms with van der Waals surface area (Å²) in [6.07, 6.45) is 11.2. The first-order chi connectivity index (χ1) is 21.9. The summed E-state index contributed by atoms with van der Waals surface area (Å²) in [6.45, 7) is 10.0. The molecule has 1 aliphatic heterocycles. The fourth-order valence-electron chi connectivity index (χ4n) is 5.92. The second-order valence-electron chi connectivity index (χ2n) is 11.8. The maximum absolute atomic E-state index is 9.63. The standard InChI is InChI=1S/C31H39N11O3/c1-21(2)44-30-28(19-42(37-30)27-8-6-26(7-9-27)40-10-12-43-13-11-40)36-31-33-16-25(17-34-31)23-4-5-24(15-32)29(14-23)45-22(3)18-41-20-35-38-39-41/h4-5,14,16-17,19-22,26-27H,6-13,18H2,1-3H3,(H,33,34,36)/t22-,26-,27-/m0/s1. The third kappa shape index (κ3) is 7.55. The summed E-state index contributed by atoms with van der Waals surface area (Å²) < 4.78 is 21.3. The molecule has 4 aromatic rings. The van der Waals surface area contributed by atoms with Gasteiger partial charge in [0, 0.05) is 37.1 Å². The number of aromatic nitrogens is 8. The van der Waals surface area contributed by atoms with Crippen molar-refractivity contribution in [2.45, 2.75) is 77.3 Å². The SMILES string of the molecule is CC(C)Oc1nn([C@H]2CC[C@H](N3CCOCC3)CC2)cc1Nc1ncc(-c2ccc(C#N)c(O[C@@H](C)Cn3cnnn3)c2)cn1. The minimum absolute atomic E-state index is 0.0300. The Labute approximate surface area is 262 Å². The highest BCUT2D eigenvalue weighted by Crippen LogP contribution is 2.35. The van der Waals surface area contributed by atoms with E-state index in [1.807, 2.05) is 43.8 Å². The van der Waals surface area contributed by atoms with E-state index in [0.29, 0.717) is 41.8 Å². The van der Waals surface area contributed by atoms with E-state index in [1.54, 1.807) is 23.1 Å². The quantitative estimate of drug-likeness (QED) is 0.260. The van der Waals surface area contributed by atoms with Crippen molar-refractivity contribution < 1.29 is 14.2 Å². The van der Waals surface area contributed by atoms with Crippen LogP contribution >= 0.6 is 0 Å². The van der Waals surface area contributed by atoms with Crippen LogP contribution in [0.2, 0.25) is 0 Å². The average molecular weight is 614 g/mol. The van der Waals surface area contributed by atoms with Crippen molar-refractivity contribution in [3.8, 4) is 28.8 Å². The number of nitrogens with zero attached hydrogens (tertiary/aromatic N) is 10. The van der Waals surface area contributed by atoms with Crippen LogP contribution in [0.3, 0.4) is 0 Å². The maximum Gasteiger partial charge on any atom is 0.257 e. The van der Waals surface area contributed by atoms with Gasteiger partial charge in [-0.3, -0.25) is 9.58 Å². The van der Waals surface area contributed by atoms with Crippen molar-refractivity contribution in [3.05, 3.63) is 48.7 Å². The Kier molecular flexibility index (Phi) is 9.46. The van der Waals surface area contributed by atoms with Crippen LogP contribution in [0.25, 0.3) is 11.1 Å². The molecule has 0 amide bonds. The van der Waals surface area contributed by atoms with E-state index in [4.69, 9.17) is 19.3 Å². The minimum atomic E-state index is -0.262. The molecule has 4 heterocycles. The van der Waals surface area contributed by atoms with Crippen LogP contribution in [-0.2, 0) is 11.3 Å². The summed E-state index contributed by atoms with van der Waals surface area (Å²) in [4.78, 5) is 11.7. The Balaban J connectivity index is 1.13. The van der Waals surface area contributed by atoms with Gasteiger partial charge in [0.25, 0.3) is 5.88 Å². The van der Waals surface area contributed by atoms with Crippen LogP contribution in [0.1, 0.15) is 58.1 Å². The third-order valence-corrected chi connectivity index (χ3v) is 8.15. The lowest BCUT2D eigenvalue weighted by atomic mass is 9.90. The number of tetrazole rings is 1. The molecular formula is C31H39N11O3. The molecule has 1 saturated heterocycles. The van der Waals surface area contributed by atoms with Gasteiger partial charge in [-0.25, -0.2) is 14.6 Å². The van der Waals surface area contributed by atoms with Crippen LogP contribution in [0.15, 0.2) is 43.1 Å². The van der Waals surface area contributed by atoms with Gasteiger partial charge in [-0.05, 0) is 74.6 Å². The fraction of sp³-hybridized carbons (Fsp3) is 0.516. The monoisotopic (exact) mass is 613 g/mol. The van der Waals surface area contributed by atoms with Gasteiger partial charge in [0.2, 0.25) is 5.95 Å². The summed E-state index contributed by atoms with van der Waals surface area (Å²) in [5.74, 6) is 1.44. The molecule has 0 radical (unpaired) electrons. The number of anilines is 2. The molecule has 0 bridgehead atoms. The Bertz CT molecular complexity index is 1570. The lowest BCUT2D eigenvalue weighted by Gasteiger charge is -2.38. The van der Waals surface area contributed by atoms with Crippen LogP contribution in [0.5, 0.6) is 11.6 Å². The van der Waals surface area contributed by atoms with E-state index in [-0.39, 0.29) is 12.2 Å². The Morgan fingerprint density at radius 2 is 1.78 bits per heavy atom. The molecule has 1 N–H and O–H groups in total. The molecule has 1 saturated carbocycles. The summed E-state index contributed by atoms with van der Waals surface area (Å²) in [5, 5.41) is 29.0. The van der Waals surface area contributed by atoms with E-state index in [0.717, 1.165) is 68.8 Å². The molecule has 14 heteroatoms. The van der Waals surface area contributed by atoms with Crippen molar-refractivity contribution in [1.82, 2.24) is 44.9 Å². The van der Waals surface area contributed by atoms with Gasteiger partial charge in [0.1, 0.15) is 29.9 Å². The topological polar surface area (TPSA) is 154 Å². The van der Waals surface area contributed by atoms with Gasteiger partial charge in [-0.15, -0.1) is 10.2 Å². The number of nitrogens with one attached hydrogen (secondary N) is 1. The number of morpholine rings is 1. The first-order valence-electron chi connectivity index (χ1n) is 15.5. The first-order valence-corrected chi connectivity index (χ1v) is 15.5. The van der Waals surface area contributed by atoms with Crippen molar-refractivity contribution in [2.24, 2.45) is 0 Å². The van der Waals surface area contributed by atoms with Crippen LogP contribution in [0.4, 0.5) is 11.6 Å². The number of rotatable bonds is 11. The highest BCUT2D eigenvalue weighted by Gasteiger charge is 2.29. The van der Waals surface area contributed by atoms with E-state index in [2.05, 4.69) is 41.8 Å². The smallest absolute Gasteiger partial charge is 0.257 e. The molecule has 0 spiro atoms. The van der Waals surface area contributed by atoms with Gasteiger partial charge < -0.3 is 19.5 Å². The number of hydrogen-bond donors (Lipinski definition) is 1. The number of nitriles is 1. The van der Waals surface area contributed by atoms with Gasteiger partial charge in [-0.2, -0.15) is 5.26 Å². The van der Waals surface area contributed by atoms with Crippen LogP contribution in [0, 0.1) is 11.3 Å². The predicted molar refractivity (Wildman–Crippen MR) is 165 cm³/mol. The summed E-state index contributed by atoms with van der Waals surface area (Å²) >= 11 is 0. The zero-order chi connectivity index (χ0) is 31.2. The normalized spacial score (nSPS) is 19.6. The summed E-state index contributed by atoms with van der Waals surface area (Å²) in [6, 6.07) is 8.55. The molecule has 3 aromatic heterocycles. The molecule has 1 aromatic carbocycles. The molecule has 14 nitrogen and oxygen atoms in total. The second-order valence-corrected chi connectivity index (χ2v) is 11.8. The van der Waals surface area contributed by atoms with Crippen molar-refractivity contribution in [2.75, 3.05) is 31.6 Å². The van der Waals surface area contributed by atoms with Gasteiger partial charge in [0.05, 0.1) is 43.7 Å². The Morgan fingerprint density at radius 3 is 2.47 bits per heavy atom. The first kappa shape index (κ1) is 30.4. The lowest BCUT2D eigenvalue weighted by Crippen LogP contribution is -2.45. The summed E-state index contributed by atoms with van der Waals surface area (Å²) in [5.41, 5.74) is 2.78. The Hall–Kier alpha value is -4.61. The predicted octanol–water partition coefficient (Wildman–Crippen LogP) is 4.01. The summed E-state index contributed by atoms with van der Waals surface area (Å²) in [7, 11) is 0. The third-order valence-electron chi connectivity index (χ3n) is 8.15. The van der Waals surface area contributed by atoms with Crippen LogP contribution in [-0.4, -0.2) is 89.4 Å². The van der Waals surface area contributed by atoms with Gasteiger partial charge in [-0.1, -0.05) is 6.07 Å². The Morgan fingerprint density at radius 1 is 1.02 bits per heavy atom. The second kappa shape index (κ2) is 14.0. The largest absolute Gasteiger partial charge is 0.487 e. The highest BCUT2D eigenvalue weighted by molar-refractivity contribution is 5.67. The molecule has 0 unspecified atom stereocenters. The molecular weight excluding hydrogens is 574 g/mol. The van der Waals surface area contributed by atoms with Crippen molar-refractivity contribution in [3.63, 3.8) is 0 Å². The molecule has 1 aliphatic carbocycles. The van der Waals surface area contributed by atoms with Crippen molar-refractivity contribution >= 4 is 11.6 Å². The highest BCUT2D eigenvalue weighted by atomic mass is 16.5. The zero-order valence-corrected chi connectivity index (χ0v) is 25.9. The molecule has 2 aliphatic rings. The molecule has 45 heavy (non-hydrogen) atoms. The molecule has 6 rings (SSSR count). The number of hydrogen-bond acceptors (Lipinski definition) is 12. The molecule has 1 atom stereocenters. The van der Waals surface area contributed by atoms with E-state index in [9.17, 15) is 5.26 Å². The number of benzene rings is 1. The molecule has 236 valence electrons. The number of ether oxygens (including phenoxy) is 3. The average Bonchev–Trinajstić information content (AvgIpc) is 3.71.